The number of nitrogens with one attached hydrogen (secondary N) is 1. The molecular formula is C21H12FN3O2S2. The number of aromatic nitrogens is 1. The average Bonchev–Trinajstić information content (AvgIpc) is 3.34. The van der Waals surface area contributed by atoms with Gasteiger partial charge >= 0.3 is 0 Å². The third-order valence-corrected chi connectivity index (χ3v) is 5.86. The summed E-state index contributed by atoms with van der Waals surface area (Å²) in [5, 5.41) is 12.3. The number of halogens is 1. The van der Waals surface area contributed by atoms with E-state index in [4.69, 9.17) is 4.42 Å². The number of fused-ring (bicyclic) bond motifs is 1. The van der Waals surface area contributed by atoms with E-state index < -0.39 is 11.7 Å². The summed E-state index contributed by atoms with van der Waals surface area (Å²) >= 11 is 2.91. The van der Waals surface area contributed by atoms with E-state index in [1.807, 2.05) is 30.3 Å². The number of carbonyl (C=O) groups is 1. The van der Waals surface area contributed by atoms with E-state index in [2.05, 4.69) is 10.3 Å². The van der Waals surface area contributed by atoms with Gasteiger partial charge in [-0.1, -0.05) is 24.3 Å². The van der Waals surface area contributed by atoms with Crippen molar-refractivity contribution in [3.8, 4) is 6.07 Å². The number of nitrogens with zero attached hydrogens (tertiary/aromatic N) is 2. The average molecular weight is 421 g/mol. The summed E-state index contributed by atoms with van der Waals surface area (Å²) in [6, 6.07) is 18.8. The highest BCUT2D eigenvalue weighted by Gasteiger charge is 2.14. The Hall–Kier alpha value is -3.41. The first kappa shape index (κ1) is 18.9. The molecule has 4 aromatic rings. The monoisotopic (exact) mass is 421 g/mol. The minimum absolute atomic E-state index is 0.00479. The zero-order valence-corrected chi connectivity index (χ0v) is 16.4. The van der Waals surface area contributed by atoms with E-state index >= 15 is 0 Å². The molecule has 0 atom stereocenters. The third kappa shape index (κ3) is 4.37. The first-order valence-electron chi connectivity index (χ1n) is 8.43. The van der Waals surface area contributed by atoms with Crippen molar-refractivity contribution in [3.63, 3.8) is 0 Å². The van der Waals surface area contributed by atoms with E-state index in [1.54, 1.807) is 29.5 Å². The van der Waals surface area contributed by atoms with Crippen molar-refractivity contribution in [2.24, 2.45) is 0 Å². The van der Waals surface area contributed by atoms with Crippen molar-refractivity contribution in [1.29, 1.82) is 5.26 Å². The molecule has 0 aliphatic rings. The summed E-state index contributed by atoms with van der Waals surface area (Å²) < 4.78 is 21.3. The van der Waals surface area contributed by atoms with Crippen molar-refractivity contribution in [3.05, 3.63) is 77.8 Å². The minimum atomic E-state index is -0.714. The molecule has 0 saturated carbocycles. The number of benzene rings is 2. The molecule has 0 aliphatic heterocycles. The fraction of sp³-hybridized carbons (Fsp3) is 0. The summed E-state index contributed by atoms with van der Waals surface area (Å²) in [6.45, 7) is 0. The smallest absolute Gasteiger partial charge is 0.266 e. The maximum atomic E-state index is 13.7. The van der Waals surface area contributed by atoms with Crippen LogP contribution in [0.4, 0.5) is 10.1 Å². The molecule has 0 fully saturated rings. The molecule has 142 valence electrons. The van der Waals surface area contributed by atoms with E-state index in [-0.39, 0.29) is 11.3 Å². The van der Waals surface area contributed by atoms with Gasteiger partial charge in [0.1, 0.15) is 23.2 Å². The third-order valence-electron chi connectivity index (χ3n) is 3.84. The maximum absolute atomic E-state index is 13.7. The molecule has 0 bridgehead atoms. The minimum Gasteiger partial charge on any atom is -0.450 e. The lowest BCUT2D eigenvalue weighted by atomic mass is 10.2. The number of amides is 1. The standard InChI is InChI=1S/C21H12FN3O2S2/c22-15-5-1-2-6-16(15)24-20(26)13(12-23)11-14-9-10-19(27-14)29-21-25-17-7-3-4-8-18(17)28-21/h1-11H,(H,24,26)/b13-11+. The van der Waals surface area contributed by atoms with Crippen LogP contribution in [0.2, 0.25) is 0 Å². The molecule has 2 heterocycles. The Morgan fingerprint density at radius 2 is 1.97 bits per heavy atom. The SMILES string of the molecule is N#C/C(=C\c1ccc(Sc2nc3ccccc3s2)o1)C(=O)Nc1ccccc1F. The first-order valence-corrected chi connectivity index (χ1v) is 10.1. The van der Waals surface area contributed by atoms with Crippen molar-refractivity contribution < 1.29 is 13.6 Å². The summed E-state index contributed by atoms with van der Waals surface area (Å²) in [4.78, 5) is 16.8. The van der Waals surface area contributed by atoms with Crippen LogP contribution in [0, 0.1) is 17.1 Å². The number of carbonyl (C=O) groups excluding carboxylic acids is 1. The van der Waals surface area contributed by atoms with Crippen LogP contribution in [-0.4, -0.2) is 10.9 Å². The number of para-hydroxylation sites is 2. The van der Waals surface area contributed by atoms with Gasteiger partial charge in [-0.25, -0.2) is 9.37 Å². The molecule has 0 unspecified atom stereocenters. The predicted molar refractivity (Wildman–Crippen MR) is 111 cm³/mol. The number of furan rings is 1. The van der Waals surface area contributed by atoms with Crippen LogP contribution in [0.3, 0.4) is 0 Å². The summed E-state index contributed by atoms with van der Waals surface area (Å²) in [5.74, 6) is -0.950. The van der Waals surface area contributed by atoms with Crippen LogP contribution in [-0.2, 0) is 4.79 Å². The molecule has 0 spiro atoms. The zero-order chi connectivity index (χ0) is 20.2. The van der Waals surface area contributed by atoms with Crippen LogP contribution < -0.4 is 5.32 Å². The largest absolute Gasteiger partial charge is 0.450 e. The van der Waals surface area contributed by atoms with Crippen LogP contribution in [0.1, 0.15) is 5.76 Å². The number of hydrogen-bond donors (Lipinski definition) is 1. The number of hydrogen-bond acceptors (Lipinski definition) is 6. The second kappa shape index (κ2) is 8.31. The molecule has 2 aromatic carbocycles. The van der Waals surface area contributed by atoms with Crippen molar-refractivity contribution in [2.75, 3.05) is 5.32 Å². The quantitative estimate of drug-likeness (QED) is 0.329. The van der Waals surface area contributed by atoms with E-state index in [0.29, 0.717) is 10.9 Å². The molecule has 0 radical (unpaired) electrons. The Morgan fingerprint density at radius 3 is 2.76 bits per heavy atom. The normalized spacial score (nSPS) is 11.4. The van der Waals surface area contributed by atoms with Gasteiger partial charge in [0.25, 0.3) is 5.91 Å². The number of thiazole rings is 1. The van der Waals surface area contributed by atoms with Gasteiger partial charge in [-0.2, -0.15) is 5.26 Å². The Balaban J connectivity index is 1.50. The van der Waals surface area contributed by atoms with Crippen LogP contribution >= 0.6 is 23.1 Å². The van der Waals surface area contributed by atoms with Crippen LogP contribution in [0.25, 0.3) is 16.3 Å². The van der Waals surface area contributed by atoms with Gasteiger partial charge in [0.2, 0.25) is 0 Å². The first-order chi connectivity index (χ1) is 14.1. The van der Waals surface area contributed by atoms with Crippen LogP contribution in [0.15, 0.2) is 80.1 Å². The Kier molecular flexibility index (Phi) is 5.42. The summed E-state index contributed by atoms with van der Waals surface area (Å²) in [7, 11) is 0. The Bertz CT molecular complexity index is 1240. The highest BCUT2D eigenvalue weighted by molar-refractivity contribution is 8.01. The molecule has 2 aromatic heterocycles. The second-order valence-electron chi connectivity index (χ2n) is 5.81. The van der Waals surface area contributed by atoms with Crippen molar-refractivity contribution in [1.82, 2.24) is 4.98 Å². The van der Waals surface area contributed by atoms with Gasteiger partial charge in [-0.05, 0) is 48.2 Å². The summed E-state index contributed by atoms with van der Waals surface area (Å²) in [5.41, 5.74) is 0.729. The molecule has 5 nitrogen and oxygen atoms in total. The van der Waals surface area contributed by atoms with E-state index in [1.165, 1.54) is 36.0 Å². The molecule has 0 aliphatic carbocycles. The molecule has 1 amide bonds. The topological polar surface area (TPSA) is 78.9 Å². The van der Waals surface area contributed by atoms with Crippen LogP contribution in [0.5, 0.6) is 0 Å². The fourth-order valence-electron chi connectivity index (χ4n) is 2.49. The number of nitriles is 1. The molecule has 1 N–H and O–H groups in total. The van der Waals surface area contributed by atoms with Gasteiger partial charge in [-0.3, -0.25) is 4.79 Å². The fourth-order valence-corrected chi connectivity index (χ4v) is 4.46. The molecule has 4 rings (SSSR count). The van der Waals surface area contributed by atoms with E-state index in [9.17, 15) is 14.4 Å². The zero-order valence-electron chi connectivity index (χ0n) is 14.8. The highest BCUT2D eigenvalue weighted by atomic mass is 32.2. The predicted octanol–water partition coefficient (Wildman–Crippen LogP) is 5.73. The molecule has 8 heteroatoms. The molecular weight excluding hydrogens is 409 g/mol. The van der Waals surface area contributed by atoms with Crippen molar-refractivity contribution >= 4 is 51.0 Å². The van der Waals surface area contributed by atoms with Gasteiger partial charge in [0, 0.05) is 6.08 Å². The lowest BCUT2D eigenvalue weighted by molar-refractivity contribution is -0.112. The van der Waals surface area contributed by atoms with Gasteiger partial charge in [0.15, 0.2) is 9.43 Å². The van der Waals surface area contributed by atoms with E-state index in [0.717, 1.165) is 14.6 Å². The Morgan fingerprint density at radius 1 is 1.17 bits per heavy atom. The Labute approximate surface area is 173 Å². The number of rotatable bonds is 5. The van der Waals surface area contributed by atoms with Gasteiger partial charge < -0.3 is 9.73 Å². The second-order valence-corrected chi connectivity index (χ2v) is 8.09. The lowest BCUT2D eigenvalue weighted by Gasteiger charge is -2.04. The van der Waals surface area contributed by atoms with Gasteiger partial charge in [-0.15, -0.1) is 11.3 Å². The molecule has 29 heavy (non-hydrogen) atoms. The summed E-state index contributed by atoms with van der Waals surface area (Å²) in [6.07, 6.45) is 1.32. The van der Waals surface area contributed by atoms with Crippen molar-refractivity contribution in [2.45, 2.75) is 9.43 Å². The number of anilines is 1. The molecule has 0 saturated heterocycles. The lowest BCUT2D eigenvalue weighted by Crippen LogP contribution is -2.14. The van der Waals surface area contributed by atoms with Gasteiger partial charge in [0.05, 0.1) is 15.9 Å². The maximum Gasteiger partial charge on any atom is 0.266 e. The highest BCUT2D eigenvalue weighted by Crippen LogP contribution is 2.35.